The first-order chi connectivity index (χ1) is 10.2. The Bertz CT molecular complexity index is 726. The van der Waals surface area contributed by atoms with Gasteiger partial charge in [-0.3, -0.25) is 0 Å². The molecule has 0 bridgehead atoms. The molecule has 1 N–H and O–H groups in total. The van der Waals surface area contributed by atoms with Crippen LogP contribution in [0.25, 0.3) is 5.82 Å². The molecule has 6 heteroatoms. The Labute approximate surface area is 129 Å². The van der Waals surface area contributed by atoms with Gasteiger partial charge in [0.1, 0.15) is 5.82 Å². The monoisotopic (exact) mass is 346 g/mol. The summed E-state index contributed by atoms with van der Waals surface area (Å²) in [5.41, 5.74) is 1.87. The topological polar surface area (TPSA) is 42.7 Å². The van der Waals surface area contributed by atoms with E-state index in [1.54, 1.807) is 23.1 Å². The lowest BCUT2D eigenvalue weighted by molar-refractivity contribution is 0.626. The van der Waals surface area contributed by atoms with E-state index < -0.39 is 0 Å². The fraction of sp³-hybridized carbons (Fsp3) is 0.0667. The van der Waals surface area contributed by atoms with Crippen molar-refractivity contribution in [2.45, 2.75) is 6.54 Å². The molecule has 0 atom stereocenters. The maximum Gasteiger partial charge on any atom is 0.153 e. The van der Waals surface area contributed by atoms with E-state index in [4.69, 9.17) is 0 Å². The molecule has 0 spiro atoms. The highest BCUT2D eigenvalue weighted by Crippen LogP contribution is 2.19. The van der Waals surface area contributed by atoms with Crippen molar-refractivity contribution in [1.29, 1.82) is 0 Å². The maximum absolute atomic E-state index is 13.0. The van der Waals surface area contributed by atoms with E-state index in [-0.39, 0.29) is 5.82 Å². The second kappa shape index (κ2) is 6.05. The van der Waals surface area contributed by atoms with Crippen molar-refractivity contribution < 1.29 is 4.39 Å². The van der Waals surface area contributed by atoms with Crippen LogP contribution in [0.2, 0.25) is 0 Å². The summed E-state index contributed by atoms with van der Waals surface area (Å²) >= 11 is 3.35. The van der Waals surface area contributed by atoms with Gasteiger partial charge < -0.3 is 5.32 Å². The van der Waals surface area contributed by atoms with Gasteiger partial charge in [-0.25, -0.2) is 14.1 Å². The predicted octanol–water partition coefficient (Wildman–Crippen LogP) is 3.78. The Hall–Kier alpha value is -2.21. The number of hydrogen-bond acceptors (Lipinski definition) is 3. The first-order valence-corrected chi connectivity index (χ1v) is 7.15. The van der Waals surface area contributed by atoms with Crippen LogP contribution >= 0.6 is 15.9 Å². The molecule has 2 aromatic heterocycles. The number of halogens is 2. The predicted molar refractivity (Wildman–Crippen MR) is 82.8 cm³/mol. The van der Waals surface area contributed by atoms with Gasteiger partial charge in [-0.2, -0.15) is 5.10 Å². The number of aromatic nitrogens is 3. The van der Waals surface area contributed by atoms with Gasteiger partial charge in [-0.1, -0.05) is 22.0 Å². The number of hydrogen-bond donors (Lipinski definition) is 1. The summed E-state index contributed by atoms with van der Waals surface area (Å²) in [6.07, 6.45) is 5.29. The highest BCUT2D eigenvalue weighted by atomic mass is 79.9. The minimum atomic E-state index is -0.254. The van der Waals surface area contributed by atoms with Gasteiger partial charge in [-0.15, -0.1) is 0 Å². The number of nitrogens with one attached hydrogen (secondary N) is 1. The zero-order valence-corrected chi connectivity index (χ0v) is 12.6. The lowest BCUT2D eigenvalue weighted by atomic mass is 10.2. The molecule has 1 aromatic carbocycles. The van der Waals surface area contributed by atoms with Crippen LogP contribution in [0.4, 0.5) is 10.1 Å². The van der Waals surface area contributed by atoms with Crippen LogP contribution in [-0.2, 0) is 6.54 Å². The maximum atomic E-state index is 13.0. The summed E-state index contributed by atoms with van der Waals surface area (Å²) in [5.74, 6) is 0.504. The lowest BCUT2D eigenvalue weighted by Crippen LogP contribution is -2.02. The van der Waals surface area contributed by atoms with Crippen LogP contribution in [0.3, 0.4) is 0 Å². The molecule has 0 aliphatic carbocycles. The molecule has 0 radical (unpaired) electrons. The number of anilines is 1. The summed E-state index contributed by atoms with van der Waals surface area (Å²) in [6.45, 7) is 0.587. The molecule has 0 aliphatic rings. The van der Waals surface area contributed by atoms with Crippen LogP contribution in [0, 0.1) is 5.82 Å². The molecule has 0 saturated heterocycles. The van der Waals surface area contributed by atoms with Crippen molar-refractivity contribution in [1.82, 2.24) is 14.8 Å². The largest absolute Gasteiger partial charge is 0.380 e. The van der Waals surface area contributed by atoms with E-state index in [1.165, 1.54) is 12.1 Å². The minimum absolute atomic E-state index is 0.254. The number of nitrogens with zero attached hydrogens (tertiary/aromatic N) is 3. The van der Waals surface area contributed by atoms with Gasteiger partial charge >= 0.3 is 0 Å². The molecular weight excluding hydrogens is 335 g/mol. The van der Waals surface area contributed by atoms with Crippen molar-refractivity contribution in [2.75, 3.05) is 5.32 Å². The molecule has 4 nitrogen and oxygen atoms in total. The quantitative estimate of drug-likeness (QED) is 0.781. The lowest BCUT2D eigenvalue weighted by Gasteiger charge is -2.09. The number of benzene rings is 1. The van der Waals surface area contributed by atoms with Crippen molar-refractivity contribution in [3.63, 3.8) is 0 Å². The normalized spacial score (nSPS) is 10.6. The van der Waals surface area contributed by atoms with Crippen LogP contribution in [-0.4, -0.2) is 14.8 Å². The highest BCUT2D eigenvalue weighted by Gasteiger charge is 2.02. The third-order valence-electron chi connectivity index (χ3n) is 2.99. The molecule has 0 amide bonds. The molecule has 0 unspecified atom stereocenters. The molecule has 21 heavy (non-hydrogen) atoms. The molecule has 0 saturated carbocycles. The Morgan fingerprint density at radius 1 is 1.24 bits per heavy atom. The second-order valence-corrected chi connectivity index (χ2v) is 5.30. The molecule has 0 aliphatic heterocycles. The van der Waals surface area contributed by atoms with Crippen LogP contribution < -0.4 is 5.32 Å². The van der Waals surface area contributed by atoms with Crippen molar-refractivity contribution in [2.24, 2.45) is 0 Å². The average molecular weight is 347 g/mol. The fourth-order valence-electron chi connectivity index (χ4n) is 1.89. The Morgan fingerprint density at radius 2 is 2.14 bits per heavy atom. The first kappa shape index (κ1) is 13.8. The SMILES string of the molecule is Fc1ccc(CNc2ccc(-n3cccn3)nc2)c(Br)c1. The zero-order chi connectivity index (χ0) is 14.7. The van der Waals surface area contributed by atoms with Gasteiger partial charge in [0, 0.05) is 23.4 Å². The number of pyridine rings is 1. The zero-order valence-electron chi connectivity index (χ0n) is 11.0. The van der Waals surface area contributed by atoms with E-state index in [1.807, 2.05) is 24.4 Å². The van der Waals surface area contributed by atoms with E-state index in [0.717, 1.165) is 21.5 Å². The summed E-state index contributed by atoms with van der Waals surface area (Å²) in [4.78, 5) is 4.34. The Kier molecular flexibility index (Phi) is 3.96. The third-order valence-corrected chi connectivity index (χ3v) is 3.72. The molecular formula is C15H12BrFN4. The van der Waals surface area contributed by atoms with E-state index in [9.17, 15) is 4.39 Å². The van der Waals surface area contributed by atoms with Crippen molar-refractivity contribution in [3.8, 4) is 5.82 Å². The van der Waals surface area contributed by atoms with Crippen LogP contribution in [0.1, 0.15) is 5.56 Å². The molecule has 3 rings (SSSR count). The number of rotatable bonds is 4. The second-order valence-electron chi connectivity index (χ2n) is 4.44. The molecule has 3 aromatic rings. The van der Waals surface area contributed by atoms with Gasteiger partial charge in [0.25, 0.3) is 0 Å². The third kappa shape index (κ3) is 3.28. The van der Waals surface area contributed by atoms with Gasteiger partial charge in [0.05, 0.1) is 11.9 Å². The molecule has 106 valence electrons. The van der Waals surface area contributed by atoms with E-state index >= 15 is 0 Å². The van der Waals surface area contributed by atoms with Gasteiger partial charge in [0.2, 0.25) is 0 Å². The van der Waals surface area contributed by atoms with Crippen molar-refractivity contribution >= 4 is 21.6 Å². The van der Waals surface area contributed by atoms with Crippen LogP contribution in [0.15, 0.2) is 59.5 Å². The Balaban J connectivity index is 1.68. The summed E-state index contributed by atoms with van der Waals surface area (Å²) < 4.78 is 15.5. The molecule has 2 heterocycles. The smallest absolute Gasteiger partial charge is 0.153 e. The summed E-state index contributed by atoms with van der Waals surface area (Å²) in [6, 6.07) is 10.3. The first-order valence-electron chi connectivity index (χ1n) is 6.36. The minimum Gasteiger partial charge on any atom is -0.380 e. The summed E-state index contributed by atoms with van der Waals surface area (Å²) in [7, 11) is 0. The molecule has 0 fully saturated rings. The summed E-state index contributed by atoms with van der Waals surface area (Å²) in [5, 5.41) is 7.37. The van der Waals surface area contributed by atoms with Gasteiger partial charge in [-0.05, 0) is 35.9 Å². The highest BCUT2D eigenvalue weighted by molar-refractivity contribution is 9.10. The van der Waals surface area contributed by atoms with Crippen molar-refractivity contribution in [3.05, 3.63) is 70.8 Å². The standard InChI is InChI=1S/C15H12BrFN4/c16-14-8-12(17)3-2-11(14)9-18-13-4-5-15(19-10-13)21-7-1-6-20-21/h1-8,10,18H,9H2. The van der Waals surface area contributed by atoms with Gasteiger partial charge in [0.15, 0.2) is 5.82 Å². The van der Waals surface area contributed by atoms with E-state index in [2.05, 4.69) is 31.3 Å². The average Bonchev–Trinajstić information content (AvgIpc) is 3.01. The van der Waals surface area contributed by atoms with Crippen LogP contribution in [0.5, 0.6) is 0 Å². The van der Waals surface area contributed by atoms with E-state index in [0.29, 0.717) is 6.54 Å². The fourth-order valence-corrected chi connectivity index (χ4v) is 2.38. The Morgan fingerprint density at radius 3 is 2.81 bits per heavy atom.